The molecule has 10 N–H and O–H groups in total. The maximum absolute atomic E-state index is 15.0. The van der Waals surface area contributed by atoms with Gasteiger partial charge in [-0.15, -0.1) is 0 Å². The number of nitrogens with zero attached hydrogens (tertiary/aromatic N) is 4. The number of primary amides is 1. The number of nitrogens with two attached hydrogens (primary N) is 1. The molecule has 0 bridgehead atoms. The molecule has 4 rings (SSSR count). The van der Waals surface area contributed by atoms with E-state index in [1.165, 1.54) is 28.1 Å². The highest BCUT2D eigenvalue weighted by Crippen LogP contribution is 2.31. The van der Waals surface area contributed by atoms with Crippen LogP contribution in [0, 0.1) is 29.6 Å². The Morgan fingerprint density at radius 2 is 1.35 bits per heavy atom. The van der Waals surface area contributed by atoms with Gasteiger partial charge in [-0.25, -0.2) is 9.59 Å². The standard InChI is InChI=1S/C70H110N12O15/c1-19-43(8)58(52(95-17)37-55(85)80-36-24-28-50(80)61(96-18)45(10)62(87)75-46(11)60(86)48-26-21-20-22-27-48)79(14)66(91)57(41(4)5)78-65(90)59(42(6)7)82(15,16)39-47-29-31-49(32-30-47)76-67(92)70(12,13)97-69(94)73-38-51(81-53(83)33-34-54(81)84)63(88)77-56(40(2)3)64(89)74-44(9)25-23-35-72-68(71)93/h20-22,26-27,29-34,40-46,50-52,56-61,86H,19,23-25,28,35-39H2,1-18H3,(H8-,71,72,73,74,75,76,77,78,87,88,89,90,92,93,94)/p+1/t43-,44-,45+,46+,50-,51-,52+,56-,57-,58-,59-,60+,61+/m0/s1. The van der Waals surface area contributed by atoms with Gasteiger partial charge in [0, 0.05) is 69.7 Å². The Labute approximate surface area is 572 Å². The lowest BCUT2D eigenvalue weighted by atomic mass is 9.89. The molecule has 2 heterocycles. The van der Waals surface area contributed by atoms with Crippen molar-refractivity contribution in [3.05, 3.63) is 77.9 Å². The number of carbonyl (C=O) groups is 11. The topological polar surface area (TPSA) is 356 Å². The molecule has 2 aromatic carbocycles. The highest BCUT2D eigenvalue weighted by molar-refractivity contribution is 6.15. The van der Waals surface area contributed by atoms with Gasteiger partial charge in [0.05, 0.1) is 69.4 Å². The predicted octanol–water partition coefficient (Wildman–Crippen LogP) is 4.42. The number of ether oxygens (including phenoxy) is 3. The van der Waals surface area contributed by atoms with Gasteiger partial charge in [-0.2, -0.15) is 0 Å². The van der Waals surface area contributed by atoms with E-state index < -0.39 is 126 Å². The Kier molecular flexibility index (Phi) is 31.1. The third-order valence-corrected chi connectivity index (χ3v) is 18.5. The number of aliphatic hydroxyl groups is 1. The maximum atomic E-state index is 15.0. The van der Waals surface area contributed by atoms with E-state index in [0.717, 1.165) is 17.7 Å². The molecule has 27 heteroatoms. The first kappa shape index (κ1) is 81.4. The van der Waals surface area contributed by atoms with Gasteiger partial charge >= 0.3 is 12.1 Å². The number of likely N-dealkylation sites (tertiary alicyclic amines) is 1. The first-order valence-corrected chi connectivity index (χ1v) is 33.8. The highest BCUT2D eigenvalue weighted by Gasteiger charge is 2.46. The zero-order valence-electron chi connectivity index (χ0n) is 60.2. The lowest BCUT2D eigenvalue weighted by Crippen LogP contribution is -2.63. The van der Waals surface area contributed by atoms with Gasteiger partial charge in [-0.3, -0.25) is 48.1 Å². The zero-order valence-corrected chi connectivity index (χ0v) is 60.2. The lowest BCUT2D eigenvalue weighted by Gasteiger charge is -2.42. The van der Waals surface area contributed by atoms with Crippen LogP contribution < -0.4 is 43.0 Å². The van der Waals surface area contributed by atoms with Crippen molar-refractivity contribution in [1.29, 1.82) is 0 Å². The van der Waals surface area contributed by atoms with E-state index in [1.807, 2.05) is 73.8 Å². The summed E-state index contributed by atoms with van der Waals surface area (Å²) < 4.78 is 17.8. The molecule has 0 unspecified atom stereocenters. The predicted molar refractivity (Wildman–Crippen MR) is 366 cm³/mol. The van der Waals surface area contributed by atoms with Crippen molar-refractivity contribution < 1.29 is 76.5 Å². The number of rotatable bonds is 37. The number of amides is 12. The first-order valence-electron chi connectivity index (χ1n) is 33.8. The van der Waals surface area contributed by atoms with Gasteiger partial charge in [0.2, 0.25) is 29.5 Å². The summed E-state index contributed by atoms with van der Waals surface area (Å²) in [5.41, 5.74) is 5.12. The molecular weight excluding hydrogens is 1250 g/mol. The van der Waals surface area contributed by atoms with Crippen LogP contribution in [0.25, 0.3) is 0 Å². The molecule has 0 saturated carbocycles. The van der Waals surface area contributed by atoms with Crippen molar-refractivity contribution in [3.63, 3.8) is 0 Å². The van der Waals surface area contributed by atoms with Crippen molar-refractivity contribution in [2.75, 3.05) is 60.3 Å². The molecule has 2 aromatic rings. The summed E-state index contributed by atoms with van der Waals surface area (Å²) in [6, 6.07) is 8.94. The van der Waals surface area contributed by atoms with Gasteiger partial charge in [-0.05, 0) is 88.8 Å². The van der Waals surface area contributed by atoms with Crippen LogP contribution in [0.5, 0.6) is 0 Å². The van der Waals surface area contributed by atoms with Crippen molar-refractivity contribution in [1.82, 2.24) is 46.6 Å². The fourth-order valence-corrected chi connectivity index (χ4v) is 12.9. The molecule has 540 valence electrons. The number of aliphatic hydroxyl groups excluding tert-OH is 1. The van der Waals surface area contributed by atoms with Gasteiger partial charge in [0.1, 0.15) is 24.7 Å². The molecule has 12 amide bonds. The summed E-state index contributed by atoms with van der Waals surface area (Å²) in [6.45, 7) is 23.3. The van der Waals surface area contributed by atoms with Crippen molar-refractivity contribution in [2.24, 2.45) is 35.3 Å². The maximum Gasteiger partial charge on any atom is 0.408 e. The van der Waals surface area contributed by atoms with Crippen LogP contribution in [-0.4, -0.2) is 211 Å². The van der Waals surface area contributed by atoms with Crippen LogP contribution in [0.1, 0.15) is 146 Å². The average molecular weight is 1360 g/mol. The summed E-state index contributed by atoms with van der Waals surface area (Å²) in [7, 11) is 8.58. The third-order valence-electron chi connectivity index (χ3n) is 18.5. The number of nitrogens with one attached hydrogen (secondary N) is 7. The summed E-state index contributed by atoms with van der Waals surface area (Å²) in [4.78, 5) is 153. The molecule has 2 aliphatic heterocycles. The van der Waals surface area contributed by atoms with Crippen LogP contribution >= 0.6 is 0 Å². The number of carbonyl (C=O) groups excluding carboxylic acids is 11. The van der Waals surface area contributed by atoms with Gasteiger partial charge < -0.3 is 76.6 Å². The van der Waals surface area contributed by atoms with E-state index in [9.17, 15) is 57.8 Å². The van der Waals surface area contributed by atoms with Crippen molar-refractivity contribution in [2.45, 2.75) is 207 Å². The minimum atomic E-state index is -1.82. The quantitative estimate of drug-likeness (QED) is 0.0257. The number of likely N-dealkylation sites (N-methyl/N-ethyl adjacent to an activating group) is 2. The Bertz CT molecular complexity index is 3030. The van der Waals surface area contributed by atoms with Crippen LogP contribution in [0.2, 0.25) is 0 Å². The number of alkyl carbamates (subject to hydrolysis) is 1. The average Bonchev–Trinajstić information content (AvgIpc) is 1.82. The van der Waals surface area contributed by atoms with E-state index in [2.05, 4.69) is 37.2 Å². The highest BCUT2D eigenvalue weighted by atomic mass is 16.6. The van der Waals surface area contributed by atoms with E-state index in [1.54, 1.807) is 87.9 Å². The normalized spacial score (nSPS) is 17.9. The first-order chi connectivity index (χ1) is 45.4. The number of imide groups is 1. The van der Waals surface area contributed by atoms with E-state index in [0.29, 0.717) is 67.9 Å². The smallest absolute Gasteiger partial charge is 0.408 e. The van der Waals surface area contributed by atoms with Crippen LogP contribution in [0.4, 0.5) is 15.3 Å². The summed E-state index contributed by atoms with van der Waals surface area (Å²) in [6.07, 6.45) is 1.29. The zero-order chi connectivity index (χ0) is 73.0. The van der Waals surface area contributed by atoms with E-state index >= 15 is 0 Å². The third kappa shape index (κ3) is 22.8. The Morgan fingerprint density at radius 3 is 1.90 bits per heavy atom. The number of hydrogen-bond donors (Lipinski definition) is 9. The number of anilines is 1. The molecule has 0 aliphatic carbocycles. The summed E-state index contributed by atoms with van der Waals surface area (Å²) in [5.74, 6) is -6.91. The van der Waals surface area contributed by atoms with Crippen molar-refractivity contribution >= 4 is 71.0 Å². The summed E-state index contributed by atoms with van der Waals surface area (Å²) in [5, 5.41) is 30.1. The minimum Gasteiger partial charge on any atom is -0.433 e. The second-order valence-electron chi connectivity index (χ2n) is 28.0. The van der Waals surface area contributed by atoms with Crippen LogP contribution in [0.15, 0.2) is 66.7 Å². The number of urea groups is 1. The number of methoxy groups -OCH3 is 2. The lowest BCUT2D eigenvalue weighted by molar-refractivity contribution is -0.922. The molecule has 97 heavy (non-hydrogen) atoms. The molecule has 1 fully saturated rings. The fraction of sp³-hybridized carbons (Fsp3) is 0.643. The Balaban J connectivity index is 1.41. The largest absolute Gasteiger partial charge is 0.433 e. The fourth-order valence-electron chi connectivity index (χ4n) is 12.9. The van der Waals surface area contributed by atoms with E-state index in [-0.39, 0.29) is 58.3 Å². The molecule has 0 radical (unpaired) electrons. The second-order valence-corrected chi connectivity index (χ2v) is 28.0. The monoisotopic (exact) mass is 1360 g/mol. The van der Waals surface area contributed by atoms with Gasteiger partial charge in [-0.1, -0.05) is 111 Å². The summed E-state index contributed by atoms with van der Waals surface area (Å²) >= 11 is 0. The van der Waals surface area contributed by atoms with Gasteiger partial charge in [0.25, 0.3) is 23.6 Å². The molecule has 0 spiro atoms. The molecule has 13 atom stereocenters. The molecule has 27 nitrogen and oxygen atoms in total. The number of hydrogen-bond acceptors (Lipinski definition) is 15. The van der Waals surface area contributed by atoms with Gasteiger partial charge in [0.15, 0.2) is 11.6 Å². The minimum absolute atomic E-state index is 0.0654. The molecule has 0 aromatic heterocycles. The SMILES string of the molecule is CC[C@H](C)[C@@H]([C@@H](CC(=O)N1CCC[C@H]1[C@H](OC)[C@@H](C)C(=O)N[C@H](C)[C@@H](O)c1ccccc1)OC)N(C)C(=O)[C@@H](NC(=O)[C@H](C(C)C)[N+](C)(C)Cc1ccc(NC(=O)C(C)(C)OC(=O)NC[C@@H](C(=O)N[C@H](C(=O)N[C@@H](C)CCCNC(N)=O)C(C)C)N2C(=O)C=CC2=O)cc1)C(C)C. The Hall–Kier alpha value is -8.01. The van der Waals surface area contributed by atoms with Crippen molar-refractivity contribution in [3.8, 4) is 0 Å². The second kappa shape index (κ2) is 37.1. The molecule has 1 saturated heterocycles. The number of benzene rings is 2. The van der Waals surface area contributed by atoms with Crippen LogP contribution in [0.3, 0.4) is 0 Å². The Morgan fingerprint density at radius 1 is 0.753 bits per heavy atom. The van der Waals surface area contributed by atoms with Crippen LogP contribution in [-0.2, 0) is 63.9 Å². The number of quaternary nitrogens is 1. The molecular formula is C70H111N12O15+. The molecule has 2 aliphatic rings. The van der Waals surface area contributed by atoms with E-state index in [4.69, 9.17) is 19.9 Å².